The normalized spacial score (nSPS) is 14.0. The van der Waals surface area contributed by atoms with Gasteiger partial charge in [0.1, 0.15) is 11.7 Å². The lowest BCUT2D eigenvalue weighted by Gasteiger charge is -2.37. The Bertz CT molecular complexity index is 2000. The predicted molar refractivity (Wildman–Crippen MR) is 164 cm³/mol. The Kier molecular flexibility index (Phi) is 8.20. The third-order valence-corrected chi connectivity index (χ3v) is 7.99. The second-order valence-corrected chi connectivity index (χ2v) is 10.7. The number of ether oxygens (including phenoxy) is 1. The second kappa shape index (κ2) is 12.4. The maximum absolute atomic E-state index is 15.4. The number of nitrogens with zero attached hydrogens (tertiary/aromatic N) is 4. The van der Waals surface area contributed by atoms with Gasteiger partial charge in [0.15, 0.2) is 23.1 Å². The van der Waals surface area contributed by atoms with Crippen molar-refractivity contribution in [3.63, 3.8) is 0 Å². The minimum absolute atomic E-state index is 0.0212. The van der Waals surface area contributed by atoms with Crippen molar-refractivity contribution in [1.82, 2.24) is 19.9 Å². The van der Waals surface area contributed by atoms with Crippen LogP contribution in [0.3, 0.4) is 0 Å². The molecule has 4 aromatic carbocycles. The fraction of sp³-hybridized carbons (Fsp3) is 0.121. The molecule has 2 heterocycles. The number of carbonyl (C=O) groups is 3. The zero-order valence-electron chi connectivity index (χ0n) is 24.1. The van der Waals surface area contributed by atoms with Crippen LogP contribution in [0.4, 0.5) is 14.5 Å². The van der Waals surface area contributed by atoms with Crippen molar-refractivity contribution >= 4 is 35.1 Å². The highest BCUT2D eigenvalue weighted by Gasteiger charge is 2.38. The molecule has 6 rings (SSSR count). The highest BCUT2D eigenvalue weighted by atomic mass is 35.5. The summed E-state index contributed by atoms with van der Waals surface area (Å²) in [5.74, 6) is -3.64. The number of carbonyl (C=O) groups excluding carboxylic acids is 2. The van der Waals surface area contributed by atoms with Gasteiger partial charge in [-0.1, -0.05) is 53.2 Å². The molecule has 0 radical (unpaired) electrons. The van der Waals surface area contributed by atoms with E-state index in [1.807, 2.05) is 0 Å². The molecule has 10 nitrogen and oxygen atoms in total. The molecule has 2 amide bonds. The lowest BCUT2D eigenvalue weighted by molar-refractivity contribution is -0.121. The van der Waals surface area contributed by atoms with Gasteiger partial charge < -0.3 is 20.1 Å². The van der Waals surface area contributed by atoms with Crippen molar-refractivity contribution < 1.29 is 33.0 Å². The van der Waals surface area contributed by atoms with Crippen LogP contribution in [0.1, 0.15) is 38.0 Å². The molecule has 1 aliphatic rings. The van der Waals surface area contributed by atoms with Crippen LogP contribution < -0.4 is 10.1 Å². The summed E-state index contributed by atoms with van der Waals surface area (Å²) in [6.07, 6.45) is 1.51. The molecule has 1 atom stereocenters. The lowest BCUT2D eigenvalue weighted by atomic mass is 9.85. The average Bonchev–Trinajstić information content (AvgIpc) is 3.55. The fourth-order valence-corrected chi connectivity index (χ4v) is 5.67. The first-order valence-corrected chi connectivity index (χ1v) is 14.3. The van der Waals surface area contributed by atoms with Crippen LogP contribution in [0.5, 0.6) is 5.75 Å². The Morgan fingerprint density at radius 1 is 0.957 bits per heavy atom. The Hall–Kier alpha value is -5.62. The van der Waals surface area contributed by atoms with Gasteiger partial charge in [-0.05, 0) is 65.6 Å². The van der Waals surface area contributed by atoms with E-state index in [2.05, 4.69) is 15.6 Å². The number of aromatic nitrogens is 3. The van der Waals surface area contributed by atoms with Gasteiger partial charge >= 0.3 is 5.97 Å². The maximum atomic E-state index is 15.4. The van der Waals surface area contributed by atoms with E-state index in [0.29, 0.717) is 22.4 Å². The molecule has 0 saturated heterocycles. The number of nitrogens with one attached hydrogen (secondary N) is 1. The molecule has 0 saturated carbocycles. The number of fused-ring (bicyclic) bond motifs is 1. The SMILES string of the molecule is COc1cccc(-c2cccc3c2CCN(C(=O)c2cn(-c4cccc(Cl)c4F)nn2)C3C(=O)Nc2ccc(C(=O)O)cc2)c1F. The summed E-state index contributed by atoms with van der Waals surface area (Å²) in [7, 11) is 1.37. The molecule has 232 valence electrons. The zero-order valence-corrected chi connectivity index (χ0v) is 24.8. The predicted octanol–water partition coefficient (Wildman–Crippen LogP) is 5.95. The van der Waals surface area contributed by atoms with Crippen molar-refractivity contribution in [2.75, 3.05) is 19.0 Å². The van der Waals surface area contributed by atoms with Gasteiger partial charge in [-0.3, -0.25) is 9.59 Å². The first kappa shape index (κ1) is 30.4. The van der Waals surface area contributed by atoms with Crippen LogP contribution in [0.25, 0.3) is 16.8 Å². The van der Waals surface area contributed by atoms with Crippen LogP contribution in [0.2, 0.25) is 5.02 Å². The number of hydrogen-bond acceptors (Lipinski definition) is 6. The Morgan fingerprint density at radius 3 is 2.41 bits per heavy atom. The lowest BCUT2D eigenvalue weighted by Crippen LogP contribution is -2.45. The largest absolute Gasteiger partial charge is 0.494 e. The van der Waals surface area contributed by atoms with Crippen molar-refractivity contribution in [2.24, 2.45) is 0 Å². The molecule has 0 bridgehead atoms. The topological polar surface area (TPSA) is 127 Å². The molecule has 2 N–H and O–H groups in total. The van der Waals surface area contributed by atoms with Crippen molar-refractivity contribution in [3.05, 3.63) is 124 Å². The molecular formula is C33H24ClF2N5O5. The van der Waals surface area contributed by atoms with Gasteiger partial charge in [0.25, 0.3) is 11.8 Å². The first-order valence-electron chi connectivity index (χ1n) is 13.9. The summed E-state index contributed by atoms with van der Waals surface area (Å²) in [4.78, 5) is 40.6. The maximum Gasteiger partial charge on any atom is 0.335 e. The molecule has 0 spiro atoms. The number of benzene rings is 4. The van der Waals surface area contributed by atoms with Gasteiger partial charge in [-0.25, -0.2) is 18.3 Å². The van der Waals surface area contributed by atoms with E-state index in [1.165, 1.54) is 66.7 Å². The van der Waals surface area contributed by atoms with Crippen molar-refractivity contribution in [1.29, 1.82) is 0 Å². The van der Waals surface area contributed by atoms with Gasteiger partial charge in [0.05, 0.1) is 23.9 Å². The summed E-state index contributed by atoms with van der Waals surface area (Å²) < 4.78 is 36.3. The number of carboxylic acid groups (broad SMARTS) is 1. The van der Waals surface area contributed by atoms with Crippen molar-refractivity contribution in [2.45, 2.75) is 12.5 Å². The molecule has 1 unspecified atom stereocenters. The van der Waals surface area contributed by atoms with E-state index in [0.717, 1.165) is 4.68 Å². The van der Waals surface area contributed by atoms with Crippen LogP contribution >= 0.6 is 11.6 Å². The Morgan fingerprint density at radius 2 is 1.67 bits per heavy atom. The van der Waals surface area contributed by atoms with Gasteiger partial charge in [0.2, 0.25) is 0 Å². The molecule has 1 aliphatic heterocycles. The fourth-order valence-electron chi connectivity index (χ4n) is 5.50. The number of methoxy groups -OCH3 is 1. The van der Waals surface area contributed by atoms with Crippen LogP contribution in [0.15, 0.2) is 85.1 Å². The number of halogens is 3. The summed E-state index contributed by atoms with van der Waals surface area (Å²) in [5, 5.41) is 19.7. The number of amides is 2. The Balaban J connectivity index is 1.41. The summed E-state index contributed by atoms with van der Waals surface area (Å²) in [6.45, 7) is 0.0445. The molecule has 5 aromatic rings. The highest BCUT2D eigenvalue weighted by molar-refractivity contribution is 6.30. The number of anilines is 1. The summed E-state index contributed by atoms with van der Waals surface area (Å²) in [5.41, 5.74) is 2.07. The Labute approximate surface area is 265 Å². The van der Waals surface area contributed by atoms with Gasteiger partial charge in [-0.2, -0.15) is 0 Å². The van der Waals surface area contributed by atoms with Gasteiger partial charge in [-0.15, -0.1) is 5.10 Å². The second-order valence-electron chi connectivity index (χ2n) is 10.3. The number of carboxylic acids is 1. The van der Waals surface area contributed by atoms with E-state index in [-0.39, 0.29) is 46.2 Å². The summed E-state index contributed by atoms with van der Waals surface area (Å²) >= 11 is 5.92. The van der Waals surface area contributed by atoms with Gasteiger partial charge in [0, 0.05) is 17.8 Å². The molecule has 1 aromatic heterocycles. The van der Waals surface area contributed by atoms with Crippen LogP contribution in [-0.4, -0.2) is 56.4 Å². The number of rotatable bonds is 7. The quantitative estimate of drug-likeness (QED) is 0.224. The van der Waals surface area contributed by atoms with E-state index in [4.69, 9.17) is 16.3 Å². The minimum atomic E-state index is -1.21. The minimum Gasteiger partial charge on any atom is -0.494 e. The molecule has 46 heavy (non-hydrogen) atoms. The van der Waals surface area contributed by atoms with Crippen molar-refractivity contribution in [3.8, 4) is 22.6 Å². The molecule has 0 fully saturated rings. The van der Waals surface area contributed by atoms with E-state index in [9.17, 15) is 23.9 Å². The summed E-state index contributed by atoms with van der Waals surface area (Å²) in [6, 6.07) is 18.5. The highest BCUT2D eigenvalue weighted by Crippen LogP contribution is 2.39. The van der Waals surface area contributed by atoms with E-state index < -0.39 is 35.5 Å². The standard InChI is InChI=1S/C33H24ClF2N5O5/c1-46-27-10-3-6-22(28(27)35)20-5-2-7-23-21(20)15-16-40(30(23)31(42)37-19-13-11-18(12-14-19)33(44)45)32(43)25-17-41(39-38-25)26-9-4-8-24(34)29(26)36/h2-14,17,30H,15-16H2,1H3,(H,37,42)(H,44,45). The van der Waals surface area contributed by atoms with Crippen LogP contribution in [0, 0.1) is 11.6 Å². The van der Waals surface area contributed by atoms with E-state index >= 15 is 4.39 Å². The third kappa shape index (κ3) is 5.54. The first-order chi connectivity index (χ1) is 22.2. The average molecular weight is 644 g/mol. The third-order valence-electron chi connectivity index (χ3n) is 7.69. The smallest absolute Gasteiger partial charge is 0.335 e. The molecular weight excluding hydrogens is 620 g/mol. The zero-order chi connectivity index (χ0) is 32.5. The van der Waals surface area contributed by atoms with Crippen LogP contribution in [-0.2, 0) is 11.2 Å². The monoisotopic (exact) mass is 643 g/mol. The number of aromatic carboxylic acids is 1. The number of hydrogen-bond donors (Lipinski definition) is 2. The molecule has 13 heteroatoms. The molecule has 0 aliphatic carbocycles. The van der Waals surface area contributed by atoms with E-state index in [1.54, 1.807) is 30.3 Å².